The first-order valence-electron chi connectivity index (χ1n) is 6.41. The Hall–Kier alpha value is -1.06. The molecule has 20 heavy (non-hydrogen) atoms. The van der Waals surface area contributed by atoms with Gasteiger partial charge in [0.15, 0.2) is 0 Å². The van der Waals surface area contributed by atoms with Crippen LogP contribution in [0.15, 0.2) is 34.8 Å². The van der Waals surface area contributed by atoms with Crippen LogP contribution in [0.4, 0.5) is 4.39 Å². The lowest BCUT2D eigenvalue weighted by molar-refractivity contribution is 0.353. The zero-order chi connectivity index (χ0) is 14.3. The molecule has 2 aromatic rings. The lowest BCUT2D eigenvalue weighted by Gasteiger charge is -2.16. The number of halogens is 3. The molecule has 0 saturated carbocycles. The van der Waals surface area contributed by atoms with Crippen LogP contribution in [0.5, 0.6) is 5.75 Å². The van der Waals surface area contributed by atoms with Gasteiger partial charge >= 0.3 is 0 Å². The maximum absolute atomic E-state index is 14.1. The highest BCUT2D eigenvalue weighted by Crippen LogP contribution is 2.42. The minimum Gasteiger partial charge on any atom is -0.493 e. The molecule has 0 bridgehead atoms. The summed E-state index contributed by atoms with van der Waals surface area (Å²) in [6.45, 7) is 2.51. The Kier molecular flexibility index (Phi) is 3.74. The van der Waals surface area contributed by atoms with E-state index in [0.29, 0.717) is 12.2 Å². The molecule has 0 fully saturated rings. The van der Waals surface area contributed by atoms with E-state index in [4.69, 9.17) is 16.3 Å². The zero-order valence-electron chi connectivity index (χ0n) is 10.9. The summed E-state index contributed by atoms with van der Waals surface area (Å²) in [7, 11) is 0. The topological polar surface area (TPSA) is 9.23 Å². The van der Waals surface area contributed by atoms with Gasteiger partial charge in [0.25, 0.3) is 0 Å². The molecule has 0 aliphatic carbocycles. The molecule has 1 nitrogen and oxygen atoms in total. The maximum Gasteiger partial charge on any atom is 0.128 e. The summed E-state index contributed by atoms with van der Waals surface area (Å²) in [6, 6.07) is 9.04. The maximum atomic E-state index is 14.1. The van der Waals surface area contributed by atoms with Gasteiger partial charge in [0, 0.05) is 22.0 Å². The number of fused-ring (bicyclic) bond motifs is 1. The Balaban J connectivity index is 2.09. The van der Waals surface area contributed by atoms with Gasteiger partial charge in [-0.1, -0.05) is 28.1 Å². The van der Waals surface area contributed by atoms with Crippen molar-refractivity contribution < 1.29 is 9.13 Å². The minimum atomic E-state index is -0.556. The number of hydrogen-bond acceptors (Lipinski definition) is 1. The van der Waals surface area contributed by atoms with Crippen LogP contribution in [0.25, 0.3) is 0 Å². The van der Waals surface area contributed by atoms with Gasteiger partial charge in [0.2, 0.25) is 0 Å². The molecule has 0 amide bonds. The molecule has 0 spiro atoms. The number of aryl methyl sites for hydroxylation is 1. The average molecular weight is 356 g/mol. The van der Waals surface area contributed by atoms with Crippen LogP contribution in [-0.4, -0.2) is 6.61 Å². The number of alkyl halides is 1. The Labute approximate surface area is 130 Å². The fourth-order valence-electron chi connectivity index (χ4n) is 2.49. The van der Waals surface area contributed by atoms with Crippen molar-refractivity contribution in [2.45, 2.75) is 18.7 Å². The largest absolute Gasteiger partial charge is 0.493 e. The standard InChI is InChI=1S/C16H13BrClFO/c1-9-2-3-12(14(19)6-9)15(18)13-8-11(17)7-10-4-5-20-16(10)13/h2-3,6-8,15H,4-5H2,1H3. The summed E-state index contributed by atoms with van der Waals surface area (Å²) in [6.07, 6.45) is 0.863. The first-order chi connectivity index (χ1) is 9.56. The third kappa shape index (κ3) is 2.45. The van der Waals surface area contributed by atoms with Gasteiger partial charge in [-0.2, -0.15) is 0 Å². The highest BCUT2D eigenvalue weighted by atomic mass is 79.9. The lowest BCUT2D eigenvalue weighted by Crippen LogP contribution is -2.00. The zero-order valence-corrected chi connectivity index (χ0v) is 13.3. The highest BCUT2D eigenvalue weighted by molar-refractivity contribution is 9.10. The lowest BCUT2D eigenvalue weighted by atomic mass is 9.99. The molecule has 0 radical (unpaired) electrons. The molecule has 0 saturated heterocycles. The monoisotopic (exact) mass is 354 g/mol. The number of benzene rings is 2. The second-order valence-electron chi connectivity index (χ2n) is 4.97. The number of hydrogen-bond donors (Lipinski definition) is 0. The minimum absolute atomic E-state index is 0.281. The van der Waals surface area contributed by atoms with E-state index < -0.39 is 5.38 Å². The number of rotatable bonds is 2. The van der Waals surface area contributed by atoms with E-state index in [0.717, 1.165) is 33.3 Å². The van der Waals surface area contributed by atoms with E-state index in [9.17, 15) is 4.39 Å². The third-order valence-corrected chi connectivity index (χ3v) is 4.41. The van der Waals surface area contributed by atoms with Crippen LogP contribution in [0.1, 0.15) is 27.6 Å². The van der Waals surface area contributed by atoms with E-state index >= 15 is 0 Å². The molecular formula is C16H13BrClFO. The second-order valence-corrected chi connectivity index (χ2v) is 6.32. The van der Waals surface area contributed by atoms with Crippen molar-refractivity contribution in [2.24, 2.45) is 0 Å². The molecule has 104 valence electrons. The summed E-state index contributed by atoms with van der Waals surface area (Å²) in [5, 5.41) is -0.556. The van der Waals surface area contributed by atoms with Crippen molar-refractivity contribution in [2.75, 3.05) is 6.61 Å². The fraction of sp³-hybridized carbons (Fsp3) is 0.250. The summed E-state index contributed by atoms with van der Waals surface area (Å²) >= 11 is 9.98. The summed E-state index contributed by atoms with van der Waals surface area (Å²) in [5.74, 6) is 0.518. The molecule has 3 rings (SSSR count). The molecular weight excluding hydrogens is 343 g/mol. The Morgan fingerprint density at radius 2 is 2.05 bits per heavy atom. The predicted molar refractivity (Wildman–Crippen MR) is 82.2 cm³/mol. The smallest absolute Gasteiger partial charge is 0.128 e. The average Bonchev–Trinajstić information content (AvgIpc) is 2.85. The summed E-state index contributed by atoms with van der Waals surface area (Å²) in [4.78, 5) is 0. The Morgan fingerprint density at radius 3 is 2.80 bits per heavy atom. The van der Waals surface area contributed by atoms with Gasteiger partial charge < -0.3 is 4.74 Å². The van der Waals surface area contributed by atoms with Crippen molar-refractivity contribution in [1.29, 1.82) is 0 Å². The highest BCUT2D eigenvalue weighted by Gasteiger charge is 2.24. The van der Waals surface area contributed by atoms with E-state index in [1.807, 2.05) is 25.1 Å². The van der Waals surface area contributed by atoms with Gasteiger partial charge in [0.1, 0.15) is 11.6 Å². The molecule has 0 N–H and O–H groups in total. The fourth-order valence-corrected chi connectivity index (χ4v) is 3.35. The Morgan fingerprint density at radius 1 is 1.25 bits per heavy atom. The van der Waals surface area contributed by atoms with Gasteiger partial charge in [0.05, 0.1) is 12.0 Å². The SMILES string of the molecule is Cc1ccc(C(Cl)c2cc(Br)cc3c2OCC3)c(F)c1. The van der Waals surface area contributed by atoms with Crippen molar-refractivity contribution >= 4 is 27.5 Å². The van der Waals surface area contributed by atoms with Gasteiger partial charge in [-0.25, -0.2) is 4.39 Å². The Bertz CT molecular complexity index is 672. The van der Waals surface area contributed by atoms with E-state index in [-0.39, 0.29) is 5.82 Å². The van der Waals surface area contributed by atoms with Crippen LogP contribution in [0, 0.1) is 12.7 Å². The van der Waals surface area contributed by atoms with Crippen LogP contribution in [-0.2, 0) is 6.42 Å². The summed E-state index contributed by atoms with van der Waals surface area (Å²) < 4.78 is 20.7. The first kappa shape index (κ1) is 13.9. The van der Waals surface area contributed by atoms with Crippen molar-refractivity contribution in [3.05, 3.63) is 62.9 Å². The van der Waals surface area contributed by atoms with Crippen molar-refractivity contribution in [3.8, 4) is 5.75 Å². The molecule has 1 atom stereocenters. The van der Waals surface area contributed by atoms with Crippen LogP contribution in [0.2, 0.25) is 0 Å². The van der Waals surface area contributed by atoms with E-state index in [2.05, 4.69) is 15.9 Å². The predicted octanol–water partition coefficient (Wildman–Crippen LogP) is 5.16. The van der Waals surface area contributed by atoms with Gasteiger partial charge in [-0.15, -0.1) is 11.6 Å². The van der Waals surface area contributed by atoms with Crippen molar-refractivity contribution in [3.63, 3.8) is 0 Å². The molecule has 4 heteroatoms. The number of ether oxygens (including phenoxy) is 1. The normalized spacial score (nSPS) is 14.8. The molecule has 0 aromatic heterocycles. The van der Waals surface area contributed by atoms with E-state index in [1.165, 1.54) is 6.07 Å². The second kappa shape index (κ2) is 5.38. The van der Waals surface area contributed by atoms with Gasteiger partial charge in [-0.3, -0.25) is 0 Å². The molecule has 1 aliphatic rings. The quantitative estimate of drug-likeness (QED) is 0.676. The molecule has 1 aliphatic heterocycles. The van der Waals surface area contributed by atoms with E-state index in [1.54, 1.807) is 6.07 Å². The van der Waals surface area contributed by atoms with Gasteiger partial charge in [-0.05, 0) is 36.2 Å². The first-order valence-corrected chi connectivity index (χ1v) is 7.64. The third-order valence-electron chi connectivity index (χ3n) is 3.48. The molecule has 2 aromatic carbocycles. The molecule has 1 unspecified atom stereocenters. The van der Waals surface area contributed by atoms with Crippen LogP contribution >= 0.6 is 27.5 Å². The van der Waals surface area contributed by atoms with Crippen LogP contribution < -0.4 is 4.74 Å². The molecule has 1 heterocycles. The van der Waals surface area contributed by atoms with Crippen molar-refractivity contribution in [1.82, 2.24) is 0 Å². The summed E-state index contributed by atoms with van der Waals surface area (Å²) in [5.41, 5.74) is 3.29. The van der Waals surface area contributed by atoms with Crippen LogP contribution in [0.3, 0.4) is 0 Å².